The quantitative estimate of drug-likeness (QED) is 0.849. The maximum atomic E-state index is 14.3. The Morgan fingerprint density at radius 3 is 2.36 bits per heavy atom. The summed E-state index contributed by atoms with van der Waals surface area (Å²) in [4.78, 5) is 1.96. The lowest BCUT2D eigenvalue weighted by molar-refractivity contribution is -0.139. The fraction of sp³-hybridized carbons (Fsp3) is 0.625. The second kappa shape index (κ2) is 6.96. The zero-order chi connectivity index (χ0) is 16.3. The van der Waals surface area contributed by atoms with Gasteiger partial charge in [-0.25, -0.2) is 4.39 Å². The van der Waals surface area contributed by atoms with Crippen LogP contribution in [0.25, 0.3) is 0 Å². The molecular weight excluding hydrogens is 296 g/mol. The van der Waals surface area contributed by atoms with Crippen LogP contribution < -0.4 is 5.32 Å². The van der Waals surface area contributed by atoms with Gasteiger partial charge in [0.25, 0.3) is 0 Å². The Morgan fingerprint density at radius 2 is 1.82 bits per heavy atom. The van der Waals surface area contributed by atoms with Crippen molar-refractivity contribution in [3.05, 3.63) is 35.1 Å². The number of rotatable bonds is 4. The molecule has 22 heavy (non-hydrogen) atoms. The van der Waals surface area contributed by atoms with Gasteiger partial charge in [-0.05, 0) is 24.5 Å². The predicted molar refractivity (Wildman–Crippen MR) is 78.0 cm³/mol. The van der Waals surface area contributed by atoms with Gasteiger partial charge in [-0.1, -0.05) is 19.9 Å². The average Bonchev–Trinajstić information content (AvgIpc) is 2.44. The molecule has 1 aromatic rings. The van der Waals surface area contributed by atoms with E-state index in [-0.39, 0.29) is 11.5 Å². The molecule has 1 aliphatic heterocycles. The molecule has 2 nitrogen and oxygen atoms in total. The zero-order valence-corrected chi connectivity index (χ0v) is 12.9. The van der Waals surface area contributed by atoms with Crippen molar-refractivity contribution in [3.8, 4) is 0 Å². The number of piperazine rings is 1. The van der Waals surface area contributed by atoms with Gasteiger partial charge in [0.15, 0.2) is 0 Å². The molecule has 0 spiro atoms. The van der Waals surface area contributed by atoms with Crippen LogP contribution in [0.15, 0.2) is 18.2 Å². The van der Waals surface area contributed by atoms with Crippen molar-refractivity contribution in [3.63, 3.8) is 0 Å². The standard InChI is InChI=1S/C16H22F4N2/c1-11(2)10-14(22-8-6-21-7-9-22)15-12(16(18,19)20)4-3-5-13(15)17/h3-5,11,14,21H,6-10H2,1-2H3/t14-/m1/s1. The van der Waals surface area contributed by atoms with Gasteiger partial charge in [0, 0.05) is 37.8 Å². The molecular formula is C16H22F4N2. The van der Waals surface area contributed by atoms with Crippen molar-refractivity contribution < 1.29 is 17.6 Å². The number of nitrogens with zero attached hydrogens (tertiary/aromatic N) is 1. The molecule has 0 aliphatic carbocycles. The van der Waals surface area contributed by atoms with Gasteiger partial charge in [0.1, 0.15) is 5.82 Å². The number of hydrogen-bond acceptors (Lipinski definition) is 2. The van der Waals surface area contributed by atoms with Crippen molar-refractivity contribution in [1.29, 1.82) is 0 Å². The number of halogens is 4. The molecule has 1 heterocycles. The molecule has 0 bridgehead atoms. The van der Waals surface area contributed by atoms with E-state index in [9.17, 15) is 17.6 Å². The number of benzene rings is 1. The molecule has 0 aromatic heterocycles. The minimum Gasteiger partial charge on any atom is -0.314 e. The van der Waals surface area contributed by atoms with E-state index >= 15 is 0 Å². The smallest absolute Gasteiger partial charge is 0.314 e. The number of alkyl halides is 3. The largest absolute Gasteiger partial charge is 0.416 e. The maximum Gasteiger partial charge on any atom is 0.416 e. The van der Waals surface area contributed by atoms with Crippen LogP contribution in [0, 0.1) is 11.7 Å². The summed E-state index contributed by atoms with van der Waals surface area (Å²) < 4.78 is 54.2. The van der Waals surface area contributed by atoms with E-state index in [0.29, 0.717) is 32.6 Å². The first-order valence-corrected chi connectivity index (χ1v) is 7.61. The van der Waals surface area contributed by atoms with Gasteiger partial charge < -0.3 is 5.32 Å². The molecule has 0 amide bonds. The van der Waals surface area contributed by atoms with E-state index in [2.05, 4.69) is 5.32 Å². The summed E-state index contributed by atoms with van der Waals surface area (Å²) >= 11 is 0. The fourth-order valence-electron chi connectivity index (χ4n) is 3.01. The summed E-state index contributed by atoms with van der Waals surface area (Å²) in [5.41, 5.74) is -1.05. The Labute approximate surface area is 128 Å². The van der Waals surface area contributed by atoms with Crippen LogP contribution in [-0.4, -0.2) is 31.1 Å². The van der Waals surface area contributed by atoms with E-state index in [1.807, 2.05) is 18.7 Å². The first-order chi connectivity index (χ1) is 10.3. The van der Waals surface area contributed by atoms with Gasteiger partial charge in [-0.3, -0.25) is 4.90 Å². The zero-order valence-electron chi connectivity index (χ0n) is 12.9. The summed E-state index contributed by atoms with van der Waals surface area (Å²) in [6, 6.07) is 2.69. The summed E-state index contributed by atoms with van der Waals surface area (Å²) in [6.45, 7) is 6.58. The predicted octanol–water partition coefficient (Wildman–Crippen LogP) is 3.84. The second-order valence-corrected chi connectivity index (χ2v) is 6.13. The third kappa shape index (κ3) is 3.98. The highest BCUT2D eigenvalue weighted by Gasteiger charge is 2.38. The Balaban J connectivity index is 2.46. The minimum absolute atomic E-state index is 0.181. The molecule has 0 saturated carbocycles. The summed E-state index contributed by atoms with van der Waals surface area (Å²) in [5.74, 6) is -0.584. The van der Waals surface area contributed by atoms with E-state index in [4.69, 9.17) is 0 Å². The monoisotopic (exact) mass is 318 g/mol. The Hall–Kier alpha value is -1.14. The third-order valence-electron chi connectivity index (χ3n) is 3.98. The van der Waals surface area contributed by atoms with E-state index in [1.165, 1.54) is 0 Å². The highest BCUT2D eigenvalue weighted by Crippen LogP contribution is 2.40. The fourth-order valence-corrected chi connectivity index (χ4v) is 3.01. The summed E-state index contributed by atoms with van der Waals surface area (Å²) in [5, 5.41) is 3.18. The maximum absolute atomic E-state index is 14.3. The number of nitrogens with one attached hydrogen (secondary N) is 1. The molecule has 1 saturated heterocycles. The van der Waals surface area contributed by atoms with Crippen LogP contribution in [0.1, 0.15) is 37.4 Å². The van der Waals surface area contributed by atoms with Gasteiger partial charge >= 0.3 is 6.18 Å². The normalized spacial score (nSPS) is 18.7. The lowest BCUT2D eigenvalue weighted by atomic mass is 9.91. The van der Waals surface area contributed by atoms with Gasteiger partial charge in [-0.15, -0.1) is 0 Å². The summed E-state index contributed by atoms with van der Waals surface area (Å²) in [6.07, 6.45) is -4.04. The number of hydrogen-bond donors (Lipinski definition) is 1. The van der Waals surface area contributed by atoms with Crippen LogP contribution in [0.2, 0.25) is 0 Å². The molecule has 1 aromatic carbocycles. The Kier molecular flexibility index (Phi) is 5.45. The molecule has 1 fully saturated rings. The topological polar surface area (TPSA) is 15.3 Å². The van der Waals surface area contributed by atoms with Crippen molar-refractivity contribution in [1.82, 2.24) is 10.2 Å². The highest BCUT2D eigenvalue weighted by atomic mass is 19.4. The first kappa shape index (κ1) is 17.2. The SMILES string of the molecule is CC(C)C[C@H](c1c(F)cccc1C(F)(F)F)N1CCNCC1. The van der Waals surface area contributed by atoms with Gasteiger partial charge in [0.2, 0.25) is 0 Å². The Bertz CT molecular complexity index is 493. The van der Waals surface area contributed by atoms with Crippen LogP contribution in [0.5, 0.6) is 0 Å². The molecule has 1 aliphatic rings. The average molecular weight is 318 g/mol. The molecule has 1 N–H and O–H groups in total. The molecule has 6 heteroatoms. The Morgan fingerprint density at radius 1 is 1.18 bits per heavy atom. The van der Waals surface area contributed by atoms with Crippen LogP contribution in [0.3, 0.4) is 0 Å². The van der Waals surface area contributed by atoms with Crippen LogP contribution in [-0.2, 0) is 6.18 Å². The van der Waals surface area contributed by atoms with E-state index in [1.54, 1.807) is 0 Å². The molecule has 124 valence electrons. The first-order valence-electron chi connectivity index (χ1n) is 7.61. The summed E-state index contributed by atoms with van der Waals surface area (Å²) in [7, 11) is 0. The van der Waals surface area contributed by atoms with E-state index in [0.717, 1.165) is 18.2 Å². The molecule has 0 radical (unpaired) electrons. The van der Waals surface area contributed by atoms with Crippen molar-refractivity contribution >= 4 is 0 Å². The second-order valence-electron chi connectivity index (χ2n) is 6.13. The lowest BCUT2D eigenvalue weighted by Gasteiger charge is -2.37. The molecule has 1 atom stereocenters. The minimum atomic E-state index is -4.54. The lowest BCUT2D eigenvalue weighted by Crippen LogP contribution is -2.46. The highest BCUT2D eigenvalue weighted by molar-refractivity contribution is 5.34. The third-order valence-corrected chi connectivity index (χ3v) is 3.98. The van der Waals surface area contributed by atoms with Gasteiger partial charge in [-0.2, -0.15) is 13.2 Å². The van der Waals surface area contributed by atoms with E-state index < -0.39 is 23.6 Å². The molecule has 2 rings (SSSR count). The molecule has 0 unspecified atom stereocenters. The van der Waals surface area contributed by atoms with Crippen molar-refractivity contribution in [2.24, 2.45) is 5.92 Å². The van der Waals surface area contributed by atoms with Gasteiger partial charge in [0.05, 0.1) is 5.56 Å². The van der Waals surface area contributed by atoms with Crippen LogP contribution in [0.4, 0.5) is 17.6 Å². The van der Waals surface area contributed by atoms with Crippen molar-refractivity contribution in [2.45, 2.75) is 32.5 Å². The van der Waals surface area contributed by atoms with Crippen molar-refractivity contribution in [2.75, 3.05) is 26.2 Å². The van der Waals surface area contributed by atoms with Crippen LogP contribution >= 0.6 is 0 Å².